The van der Waals surface area contributed by atoms with E-state index in [9.17, 15) is 23.2 Å². The van der Waals surface area contributed by atoms with Crippen LogP contribution in [-0.4, -0.2) is 27.4 Å². The first-order valence-corrected chi connectivity index (χ1v) is 8.54. The maximum Gasteiger partial charge on any atom is 0.266 e. The van der Waals surface area contributed by atoms with E-state index in [1.165, 1.54) is 0 Å². The standard InChI is InChI=1S/C18H18F2N4O3/c19-11-5-6-15(14(20)7-11)23-16(25)9-24-10-21-8-13(18(24)27)17(26)22-12-3-1-2-4-12/h5-8,10,12H,1-4,9H2,(H,22,26)(H,23,25). The average molecular weight is 376 g/mol. The summed E-state index contributed by atoms with van der Waals surface area (Å²) in [6.07, 6.45) is 6.07. The van der Waals surface area contributed by atoms with Gasteiger partial charge in [0.15, 0.2) is 0 Å². The Morgan fingerprint density at radius 2 is 1.96 bits per heavy atom. The zero-order valence-electron chi connectivity index (χ0n) is 14.4. The second-order valence-electron chi connectivity index (χ2n) is 6.37. The van der Waals surface area contributed by atoms with Gasteiger partial charge in [-0.05, 0) is 25.0 Å². The highest BCUT2D eigenvalue weighted by atomic mass is 19.1. The van der Waals surface area contributed by atoms with Crippen LogP contribution >= 0.6 is 0 Å². The minimum Gasteiger partial charge on any atom is -0.349 e. The van der Waals surface area contributed by atoms with Crippen molar-refractivity contribution in [1.82, 2.24) is 14.9 Å². The minimum atomic E-state index is -0.932. The lowest BCUT2D eigenvalue weighted by Crippen LogP contribution is -2.38. The van der Waals surface area contributed by atoms with Gasteiger partial charge in [-0.25, -0.2) is 13.8 Å². The first kappa shape index (κ1) is 18.7. The first-order valence-electron chi connectivity index (χ1n) is 8.54. The SMILES string of the molecule is O=C(Cn1cncc(C(=O)NC2CCCC2)c1=O)Nc1ccc(F)cc1F. The Kier molecular flexibility index (Phi) is 5.58. The molecular formula is C18H18F2N4O3. The molecule has 1 aromatic carbocycles. The number of carbonyl (C=O) groups is 2. The highest BCUT2D eigenvalue weighted by Crippen LogP contribution is 2.18. The number of aromatic nitrogens is 2. The minimum absolute atomic E-state index is 0.0373. The number of nitrogens with one attached hydrogen (secondary N) is 2. The third kappa shape index (κ3) is 4.55. The van der Waals surface area contributed by atoms with Crippen molar-refractivity contribution in [2.45, 2.75) is 38.3 Å². The average Bonchev–Trinajstić information content (AvgIpc) is 3.12. The van der Waals surface area contributed by atoms with E-state index in [0.717, 1.165) is 54.9 Å². The predicted octanol–water partition coefficient (Wildman–Crippen LogP) is 1.83. The van der Waals surface area contributed by atoms with Gasteiger partial charge in [0.25, 0.3) is 11.5 Å². The molecule has 1 aliphatic rings. The largest absolute Gasteiger partial charge is 0.349 e. The van der Waals surface area contributed by atoms with Gasteiger partial charge in [-0.15, -0.1) is 0 Å². The molecule has 0 unspecified atom stereocenters. The molecule has 1 fully saturated rings. The molecule has 2 amide bonds. The molecular weight excluding hydrogens is 358 g/mol. The van der Waals surface area contributed by atoms with Crippen molar-refractivity contribution in [3.8, 4) is 0 Å². The van der Waals surface area contributed by atoms with E-state index in [2.05, 4.69) is 15.6 Å². The first-order chi connectivity index (χ1) is 12.9. The Labute approximate surface area is 153 Å². The highest BCUT2D eigenvalue weighted by Gasteiger charge is 2.21. The molecule has 2 N–H and O–H groups in total. The molecule has 1 aromatic heterocycles. The second-order valence-corrected chi connectivity index (χ2v) is 6.37. The number of carbonyl (C=O) groups excluding carboxylic acids is 2. The van der Waals surface area contributed by atoms with Crippen LogP contribution in [0.1, 0.15) is 36.0 Å². The van der Waals surface area contributed by atoms with Gasteiger partial charge in [0.2, 0.25) is 5.91 Å². The molecule has 1 saturated carbocycles. The van der Waals surface area contributed by atoms with E-state index in [0.29, 0.717) is 6.07 Å². The Hall–Kier alpha value is -3.10. The summed E-state index contributed by atoms with van der Waals surface area (Å²) < 4.78 is 27.5. The smallest absolute Gasteiger partial charge is 0.266 e. The second kappa shape index (κ2) is 8.07. The van der Waals surface area contributed by atoms with E-state index in [1.54, 1.807) is 0 Å². The molecule has 0 bridgehead atoms. The summed E-state index contributed by atoms with van der Waals surface area (Å²) in [7, 11) is 0. The van der Waals surface area contributed by atoms with Crippen LogP contribution < -0.4 is 16.2 Å². The molecule has 0 saturated heterocycles. The highest BCUT2D eigenvalue weighted by molar-refractivity contribution is 5.94. The van der Waals surface area contributed by atoms with Crippen molar-refractivity contribution in [3.05, 3.63) is 58.3 Å². The van der Waals surface area contributed by atoms with Crippen molar-refractivity contribution < 1.29 is 18.4 Å². The summed E-state index contributed by atoms with van der Waals surface area (Å²) in [6.45, 7) is -0.465. The number of anilines is 1. The number of hydrogen-bond acceptors (Lipinski definition) is 4. The number of nitrogens with zero attached hydrogens (tertiary/aromatic N) is 2. The Morgan fingerprint density at radius 3 is 2.67 bits per heavy atom. The molecule has 0 radical (unpaired) electrons. The number of halogens is 2. The fourth-order valence-corrected chi connectivity index (χ4v) is 2.99. The van der Waals surface area contributed by atoms with Gasteiger partial charge < -0.3 is 10.6 Å². The molecule has 1 aliphatic carbocycles. The van der Waals surface area contributed by atoms with Gasteiger partial charge >= 0.3 is 0 Å². The molecule has 27 heavy (non-hydrogen) atoms. The van der Waals surface area contributed by atoms with Crippen molar-refractivity contribution in [3.63, 3.8) is 0 Å². The molecule has 2 aromatic rings. The third-order valence-electron chi connectivity index (χ3n) is 4.36. The lowest BCUT2D eigenvalue weighted by molar-refractivity contribution is -0.116. The van der Waals surface area contributed by atoms with Crippen LogP contribution in [0.4, 0.5) is 14.5 Å². The zero-order valence-corrected chi connectivity index (χ0v) is 14.4. The fourth-order valence-electron chi connectivity index (χ4n) is 2.99. The monoisotopic (exact) mass is 376 g/mol. The van der Waals surface area contributed by atoms with Crippen LogP contribution in [0.15, 0.2) is 35.5 Å². The van der Waals surface area contributed by atoms with Crippen molar-refractivity contribution >= 4 is 17.5 Å². The quantitative estimate of drug-likeness (QED) is 0.833. The van der Waals surface area contributed by atoms with E-state index in [1.807, 2.05) is 0 Å². The van der Waals surface area contributed by atoms with E-state index < -0.39 is 35.6 Å². The third-order valence-corrected chi connectivity index (χ3v) is 4.36. The van der Waals surface area contributed by atoms with E-state index in [4.69, 9.17) is 0 Å². The molecule has 0 atom stereocenters. The Balaban J connectivity index is 1.70. The summed E-state index contributed by atoms with van der Waals surface area (Å²) in [4.78, 5) is 40.6. The summed E-state index contributed by atoms with van der Waals surface area (Å²) in [5.74, 6) is -2.94. The maximum absolute atomic E-state index is 13.6. The molecule has 142 valence electrons. The van der Waals surface area contributed by atoms with E-state index >= 15 is 0 Å². The number of rotatable bonds is 5. The van der Waals surface area contributed by atoms with Gasteiger partial charge in [0.05, 0.1) is 12.0 Å². The fraction of sp³-hybridized carbons (Fsp3) is 0.333. The zero-order chi connectivity index (χ0) is 19.4. The van der Waals surface area contributed by atoms with Gasteiger partial charge in [0.1, 0.15) is 23.7 Å². The Morgan fingerprint density at radius 1 is 1.22 bits per heavy atom. The summed E-state index contributed by atoms with van der Waals surface area (Å²) in [5.41, 5.74) is -1.04. The van der Waals surface area contributed by atoms with Gasteiger partial charge in [-0.2, -0.15) is 0 Å². The van der Waals surface area contributed by atoms with Crippen molar-refractivity contribution in [2.75, 3.05) is 5.32 Å². The normalized spacial score (nSPS) is 14.1. The van der Waals surface area contributed by atoms with Crippen LogP contribution in [0.2, 0.25) is 0 Å². The van der Waals surface area contributed by atoms with Crippen LogP contribution in [0.25, 0.3) is 0 Å². The molecule has 0 aliphatic heterocycles. The lowest BCUT2D eigenvalue weighted by Gasteiger charge is -2.12. The lowest BCUT2D eigenvalue weighted by atomic mass is 10.2. The van der Waals surface area contributed by atoms with Crippen molar-refractivity contribution in [2.24, 2.45) is 0 Å². The number of benzene rings is 1. The molecule has 0 spiro atoms. The van der Waals surface area contributed by atoms with Crippen LogP contribution in [0.3, 0.4) is 0 Å². The topological polar surface area (TPSA) is 93.1 Å². The van der Waals surface area contributed by atoms with E-state index in [-0.39, 0.29) is 17.3 Å². The van der Waals surface area contributed by atoms with Crippen LogP contribution in [-0.2, 0) is 11.3 Å². The number of hydrogen-bond donors (Lipinski definition) is 2. The van der Waals surface area contributed by atoms with Crippen LogP contribution in [0.5, 0.6) is 0 Å². The summed E-state index contributed by atoms with van der Waals surface area (Å²) in [6, 6.07) is 2.75. The molecule has 3 rings (SSSR count). The van der Waals surface area contributed by atoms with Crippen LogP contribution in [0, 0.1) is 11.6 Å². The van der Waals surface area contributed by atoms with Gasteiger partial charge in [0, 0.05) is 18.3 Å². The van der Waals surface area contributed by atoms with Gasteiger partial charge in [-0.3, -0.25) is 19.0 Å². The number of amides is 2. The van der Waals surface area contributed by atoms with Crippen molar-refractivity contribution in [1.29, 1.82) is 0 Å². The molecule has 1 heterocycles. The molecule has 9 heteroatoms. The Bertz CT molecular complexity index is 923. The molecule has 7 nitrogen and oxygen atoms in total. The summed E-state index contributed by atoms with van der Waals surface area (Å²) in [5, 5.41) is 5.04. The predicted molar refractivity (Wildman–Crippen MR) is 93.2 cm³/mol. The summed E-state index contributed by atoms with van der Waals surface area (Å²) >= 11 is 0. The maximum atomic E-state index is 13.6. The van der Waals surface area contributed by atoms with Gasteiger partial charge in [-0.1, -0.05) is 12.8 Å².